The number of amides is 2. The van der Waals surface area contributed by atoms with Crippen molar-refractivity contribution in [2.24, 2.45) is 0 Å². The molecule has 2 rings (SSSR count). The van der Waals surface area contributed by atoms with Crippen molar-refractivity contribution in [2.45, 2.75) is 33.0 Å². The lowest BCUT2D eigenvalue weighted by atomic mass is 10.1. The van der Waals surface area contributed by atoms with Crippen LogP contribution in [0, 0.1) is 6.92 Å². The third-order valence-electron chi connectivity index (χ3n) is 3.41. The summed E-state index contributed by atoms with van der Waals surface area (Å²) >= 11 is 0. The van der Waals surface area contributed by atoms with Crippen LogP contribution in [-0.4, -0.2) is 47.3 Å². The molecule has 0 bridgehead atoms. The van der Waals surface area contributed by atoms with Gasteiger partial charge < -0.3 is 20.1 Å². The summed E-state index contributed by atoms with van der Waals surface area (Å²) in [5.41, 5.74) is 1.44. The number of aryl methyl sites for hydroxylation is 1. The Morgan fingerprint density at radius 2 is 1.90 bits per heavy atom. The van der Waals surface area contributed by atoms with Gasteiger partial charge in [-0.25, -0.2) is 9.59 Å². The highest BCUT2D eigenvalue weighted by Gasteiger charge is 2.25. The van der Waals surface area contributed by atoms with E-state index in [1.165, 1.54) is 6.07 Å². The molecule has 1 saturated heterocycles. The number of carboxylic acid groups (broad SMARTS) is 1. The van der Waals surface area contributed by atoms with E-state index in [0.29, 0.717) is 24.3 Å². The van der Waals surface area contributed by atoms with Crippen LogP contribution in [0.15, 0.2) is 18.2 Å². The number of rotatable bonds is 2. The minimum Gasteiger partial charge on any atom is -0.478 e. The van der Waals surface area contributed by atoms with E-state index in [4.69, 9.17) is 9.84 Å². The van der Waals surface area contributed by atoms with Gasteiger partial charge in [0.15, 0.2) is 0 Å². The number of nitrogens with one attached hydrogen (secondary N) is 1. The SMILES string of the molecule is Cc1cc(NC(=O)N2CC(C)OC(C)C2)ccc1C(=O)O. The molecule has 6 nitrogen and oxygen atoms in total. The second kappa shape index (κ2) is 6.13. The Kier molecular flexibility index (Phi) is 4.47. The van der Waals surface area contributed by atoms with E-state index in [1.807, 2.05) is 13.8 Å². The van der Waals surface area contributed by atoms with E-state index in [1.54, 1.807) is 24.0 Å². The third kappa shape index (κ3) is 3.72. The molecule has 114 valence electrons. The number of ether oxygens (including phenoxy) is 1. The highest BCUT2D eigenvalue weighted by molar-refractivity contribution is 5.92. The lowest BCUT2D eigenvalue weighted by molar-refractivity contribution is -0.0530. The molecule has 0 spiro atoms. The Balaban J connectivity index is 2.06. The van der Waals surface area contributed by atoms with Gasteiger partial charge in [0, 0.05) is 18.8 Å². The van der Waals surface area contributed by atoms with E-state index in [0.717, 1.165) is 0 Å². The van der Waals surface area contributed by atoms with E-state index >= 15 is 0 Å². The smallest absolute Gasteiger partial charge is 0.335 e. The van der Waals surface area contributed by atoms with Crippen molar-refractivity contribution in [1.29, 1.82) is 0 Å². The van der Waals surface area contributed by atoms with Gasteiger partial charge in [-0.2, -0.15) is 0 Å². The van der Waals surface area contributed by atoms with Crippen LogP contribution >= 0.6 is 0 Å². The number of morpholine rings is 1. The Morgan fingerprint density at radius 3 is 2.43 bits per heavy atom. The first-order valence-electron chi connectivity index (χ1n) is 6.92. The highest BCUT2D eigenvalue weighted by atomic mass is 16.5. The van der Waals surface area contributed by atoms with Crippen LogP contribution in [0.4, 0.5) is 10.5 Å². The average Bonchev–Trinajstić information content (AvgIpc) is 2.37. The average molecular weight is 292 g/mol. The highest BCUT2D eigenvalue weighted by Crippen LogP contribution is 2.17. The molecule has 2 amide bonds. The summed E-state index contributed by atoms with van der Waals surface area (Å²) in [7, 11) is 0. The molecule has 1 aliphatic rings. The second-order valence-corrected chi connectivity index (χ2v) is 5.43. The van der Waals surface area contributed by atoms with Gasteiger partial charge >= 0.3 is 12.0 Å². The molecule has 0 aromatic heterocycles. The first kappa shape index (κ1) is 15.3. The second-order valence-electron chi connectivity index (χ2n) is 5.43. The van der Waals surface area contributed by atoms with Gasteiger partial charge in [0.1, 0.15) is 0 Å². The fourth-order valence-corrected chi connectivity index (χ4v) is 2.53. The lowest BCUT2D eigenvalue weighted by Crippen LogP contribution is -2.49. The number of urea groups is 1. The number of carbonyl (C=O) groups is 2. The summed E-state index contributed by atoms with van der Waals surface area (Å²) in [5, 5.41) is 11.8. The number of carboxylic acids is 1. The molecule has 6 heteroatoms. The molecule has 21 heavy (non-hydrogen) atoms. The molecule has 1 aliphatic heterocycles. The fraction of sp³-hybridized carbons (Fsp3) is 0.467. The largest absolute Gasteiger partial charge is 0.478 e. The standard InChI is InChI=1S/C15H20N2O4/c1-9-6-12(4-5-13(9)14(18)19)16-15(20)17-7-10(2)21-11(3)8-17/h4-6,10-11H,7-8H2,1-3H3,(H,16,20)(H,18,19). The number of anilines is 1. The minimum absolute atomic E-state index is 0.00984. The minimum atomic E-state index is -0.971. The maximum absolute atomic E-state index is 12.2. The Morgan fingerprint density at radius 1 is 1.29 bits per heavy atom. The molecule has 1 fully saturated rings. The van der Waals surface area contributed by atoms with Gasteiger partial charge in [0.2, 0.25) is 0 Å². The van der Waals surface area contributed by atoms with E-state index in [9.17, 15) is 9.59 Å². The van der Waals surface area contributed by atoms with Crippen LogP contribution in [0.1, 0.15) is 29.8 Å². The summed E-state index contributed by atoms with van der Waals surface area (Å²) in [5.74, 6) is -0.971. The predicted molar refractivity (Wildman–Crippen MR) is 78.7 cm³/mol. The van der Waals surface area contributed by atoms with Crippen molar-refractivity contribution in [3.05, 3.63) is 29.3 Å². The van der Waals surface area contributed by atoms with Crippen LogP contribution in [0.3, 0.4) is 0 Å². The predicted octanol–water partition coefficient (Wildman–Crippen LogP) is 2.33. The van der Waals surface area contributed by atoms with E-state index < -0.39 is 5.97 Å². The fourth-order valence-electron chi connectivity index (χ4n) is 2.53. The van der Waals surface area contributed by atoms with Gasteiger partial charge in [-0.15, -0.1) is 0 Å². The number of nitrogens with zero attached hydrogens (tertiary/aromatic N) is 1. The van der Waals surface area contributed by atoms with Crippen LogP contribution in [-0.2, 0) is 4.74 Å². The van der Waals surface area contributed by atoms with Crippen molar-refractivity contribution in [2.75, 3.05) is 18.4 Å². The topological polar surface area (TPSA) is 78.9 Å². The molecule has 2 atom stereocenters. The summed E-state index contributed by atoms with van der Waals surface area (Å²) in [6, 6.07) is 4.56. The molecular formula is C15H20N2O4. The van der Waals surface area contributed by atoms with Crippen LogP contribution in [0.2, 0.25) is 0 Å². The number of carbonyl (C=O) groups excluding carboxylic acids is 1. The number of hydrogen-bond donors (Lipinski definition) is 2. The van der Waals surface area contributed by atoms with Gasteiger partial charge in [-0.1, -0.05) is 0 Å². The van der Waals surface area contributed by atoms with Crippen molar-refractivity contribution in [3.63, 3.8) is 0 Å². The molecule has 1 aromatic carbocycles. The van der Waals surface area contributed by atoms with Gasteiger partial charge in [0.05, 0.1) is 17.8 Å². The van der Waals surface area contributed by atoms with Crippen molar-refractivity contribution >= 4 is 17.7 Å². The summed E-state index contributed by atoms with van der Waals surface area (Å²) in [6.45, 7) is 6.66. The first-order valence-corrected chi connectivity index (χ1v) is 6.92. The Hall–Kier alpha value is -2.08. The lowest BCUT2D eigenvalue weighted by Gasteiger charge is -2.35. The van der Waals surface area contributed by atoms with Crippen LogP contribution < -0.4 is 5.32 Å². The zero-order valence-corrected chi connectivity index (χ0v) is 12.4. The number of aromatic carboxylic acids is 1. The third-order valence-corrected chi connectivity index (χ3v) is 3.41. The van der Waals surface area contributed by atoms with Crippen molar-refractivity contribution in [3.8, 4) is 0 Å². The Bertz CT molecular complexity index is 549. The summed E-state index contributed by atoms with van der Waals surface area (Å²) in [4.78, 5) is 24.9. The maximum atomic E-state index is 12.2. The number of hydrogen-bond acceptors (Lipinski definition) is 3. The molecule has 2 unspecified atom stereocenters. The first-order chi connectivity index (χ1) is 9.86. The summed E-state index contributed by atoms with van der Waals surface area (Å²) in [6.07, 6.45) is 0.0197. The quantitative estimate of drug-likeness (QED) is 0.877. The van der Waals surface area contributed by atoms with Gasteiger partial charge in [0.25, 0.3) is 0 Å². The number of benzene rings is 1. The molecule has 1 heterocycles. The Labute approximate surface area is 123 Å². The van der Waals surface area contributed by atoms with E-state index in [2.05, 4.69) is 5.32 Å². The maximum Gasteiger partial charge on any atom is 0.335 e. The molecular weight excluding hydrogens is 272 g/mol. The van der Waals surface area contributed by atoms with Crippen LogP contribution in [0.25, 0.3) is 0 Å². The van der Waals surface area contributed by atoms with Crippen molar-refractivity contribution in [1.82, 2.24) is 4.90 Å². The molecule has 2 N–H and O–H groups in total. The molecule has 0 aliphatic carbocycles. The van der Waals surface area contributed by atoms with E-state index in [-0.39, 0.29) is 23.8 Å². The van der Waals surface area contributed by atoms with Crippen molar-refractivity contribution < 1.29 is 19.4 Å². The molecule has 0 saturated carbocycles. The zero-order valence-electron chi connectivity index (χ0n) is 12.4. The zero-order chi connectivity index (χ0) is 15.6. The normalized spacial score (nSPS) is 22.0. The summed E-state index contributed by atoms with van der Waals surface area (Å²) < 4.78 is 5.59. The molecule has 0 radical (unpaired) electrons. The van der Waals surface area contributed by atoms with Gasteiger partial charge in [-0.05, 0) is 44.5 Å². The monoisotopic (exact) mass is 292 g/mol. The van der Waals surface area contributed by atoms with Gasteiger partial charge in [-0.3, -0.25) is 0 Å². The molecule has 1 aromatic rings. The van der Waals surface area contributed by atoms with Crippen LogP contribution in [0.5, 0.6) is 0 Å².